The summed E-state index contributed by atoms with van der Waals surface area (Å²) in [5.41, 5.74) is 2.03. The Bertz CT molecular complexity index is 825. The summed E-state index contributed by atoms with van der Waals surface area (Å²) in [6, 6.07) is 6.66. The molecule has 1 atom stereocenters. The molecule has 1 aromatic heterocycles. The molecule has 1 aromatic carbocycles. The van der Waals surface area contributed by atoms with Gasteiger partial charge >= 0.3 is 6.09 Å². The number of aromatic nitrogens is 2. The van der Waals surface area contributed by atoms with Crippen LogP contribution in [0, 0.1) is 0 Å². The average Bonchev–Trinajstić information content (AvgIpc) is 3.11. The van der Waals surface area contributed by atoms with Crippen LogP contribution >= 0.6 is 0 Å². The van der Waals surface area contributed by atoms with Crippen LogP contribution in [0.15, 0.2) is 24.4 Å². The van der Waals surface area contributed by atoms with Gasteiger partial charge in [0, 0.05) is 25.1 Å². The summed E-state index contributed by atoms with van der Waals surface area (Å²) < 4.78 is 13.4. The minimum Gasteiger partial charge on any atom is -0.444 e. The molecule has 0 spiro atoms. The first-order valence-corrected chi connectivity index (χ1v) is 10.5. The molecular formula is C22H31N3O3. The molecule has 0 N–H and O–H groups in total. The van der Waals surface area contributed by atoms with Crippen molar-refractivity contribution in [3.05, 3.63) is 30.0 Å². The largest absolute Gasteiger partial charge is 0.444 e. The molecule has 0 radical (unpaired) electrons. The van der Waals surface area contributed by atoms with Crippen LogP contribution < -0.4 is 0 Å². The van der Waals surface area contributed by atoms with Crippen molar-refractivity contribution < 1.29 is 14.3 Å². The number of rotatable bonds is 2. The standard InChI is InChI=1S/C22H31N3O3/c1-22(2,3)28-21(26)24-11-9-16(10-12-24)17-7-8-19-18(14-17)15-23-25(19)20-6-4-5-13-27-20/h7-8,14-16,20H,4-6,9-13H2,1-3H3. The number of likely N-dealkylation sites (tertiary alicyclic amines) is 1. The molecule has 6 nitrogen and oxygen atoms in total. The van der Waals surface area contributed by atoms with E-state index in [2.05, 4.69) is 23.3 Å². The van der Waals surface area contributed by atoms with Gasteiger partial charge in [-0.25, -0.2) is 9.48 Å². The zero-order valence-corrected chi connectivity index (χ0v) is 17.2. The van der Waals surface area contributed by atoms with Gasteiger partial charge in [0.05, 0.1) is 11.7 Å². The monoisotopic (exact) mass is 385 g/mol. The second-order valence-corrected chi connectivity index (χ2v) is 8.97. The van der Waals surface area contributed by atoms with Crippen LogP contribution in [0.1, 0.15) is 70.6 Å². The molecule has 152 valence electrons. The normalized spacial score (nSPS) is 21.8. The molecule has 4 rings (SSSR count). The summed E-state index contributed by atoms with van der Waals surface area (Å²) in [7, 11) is 0. The average molecular weight is 386 g/mol. The number of hydrogen-bond donors (Lipinski definition) is 0. The third-order valence-electron chi connectivity index (χ3n) is 5.67. The fourth-order valence-electron chi connectivity index (χ4n) is 4.19. The number of amides is 1. The Morgan fingerprint density at radius 2 is 1.96 bits per heavy atom. The number of piperidine rings is 1. The van der Waals surface area contributed by atoms with E-state index >= 15 is 0 Å². The molecule has 0 bridgehead atoms. The second-order valence-electron chi connectivity index (χ2n) is 8.97. The summed E-state index contributed by atoms with van der Waals surface area (Å²) in [6.45, 7) is 8.03. The van der Waals surface area contributed by atoms with E-state index in [1.807, 2.05) is 36.5 Å². The lowest BCUT2D eigenvalue weighted by Crippen LogP contribution is -2.41. The topological polar surface area (TPSA) is 56.6 Å². The van der Waals surface area contributed by atoms with Crippen LogP contribution in [0.25, 0.3) is 10.9 Å². The van der Waals surface area contributed by atoms with Gasteiger partial charge in [-0.05, 0) is 76.5 Å². The first-order valence-electron chi connectivity index (χ1n) is 10.5. The zero-order chi connectivity index (χ0) is 19.7. The first-order chi connectivity index (χ1) is 13.4. The Kier molecular flexibility index (Phi) is 5.32. The molecule has 6 heteroatoms. The first kappa shape index (κ1) is 19.2. The predicted octanol–water partition coefficient (Wildman–Crippen LogP) is 4.85. The minimum atomic E-state index is -0.443. The number of ether oxygens (including phenoxy) is 2. The highest BCUT2D eigenvalue weighted by Gasteiger charge is 2.28. The number of carbonyl (C=O) groups excluding carboxylic acids is 1. The van der Waals surface area contributed by atoms with Crippen molar-refractivity contribution in [1.29, 1.82) is 0 Å². The Morgan fingerprint density at radius 3 is 2.64 bits per heavy atom. The highest BCUT2D eigenvalue weighted by Crippen LogP contribution is 2.32. The van der Waals surface area contributed by atoms with E-state index in [0.29, 0.717) is 5.92 Å². The number of hydrogen-bond acceptors (Lipinski definition) is 4. The SMILES string of the molecule is CC(C)(C)OC(=O)N1CCC(c2ccc3c(cnn3C3CCCCO3)c2)CC1. The van der Waals surface area contributed by atoms with Gasteiger partial charge in [-0.3, -0.25) is 0 Å². The maximum absolute atomic E-state index is 12.3. The lowest BCUT2D eigenvalue weighted by molar-refractivity contribution is -0.0366. The highest BCUT2D eigenvalue weighted by molar-refractivity contribution is 5.79. The van der Waals surface area contributed by atoms with Gasteiger partial charge in [-0.1, -0.05) is 6.07 Å². The molecule has 2 saturated heterocycles. The van der Waals surface area contributed by atoms with Gasteiger partial charge in [0.15, 0.2) is 6.23 Å². The van der Waals surface area contributed by atoms with Gasteiger partial charge in [0.1, 0.15) is 5.60 Å². The van der Waals surface area contributed by atoms with Crippen molar-refractivity contribution >= 4 is 17.0 Å². The third kappa shape index (κ3) is 4.17. The Morgan fingerprint density at radius 1 is 1.18 bits per heavy atom. The summed E-state index contributed by atoms with van der Waals surface area (Å²) in [5, 5.41) is 5.76. The van der Waals surface area contributed by atoms with E-state index in [1.165, 1.54) is 17.4 Å². The van der Waals surface area contributed by atoms with Crippen molar-refractivity contribution in [3.63, 3.8) is 0 Å². The van der Waals surface area contributed by atoms with Crippen LogP contribution in [0.5, 0.6) is 0 Å². The maximum atomic E-state index is 12.3. The van der Waals surface area contributed by atoms with Crippen LogP contribution in [0.2, 0.25) is 0 Å². The lowest BCUT2D eigenvalue weighted by Gasteiger charge is -2.33. The molecule has 1 amide bonds. The molecule has 2 aliphatic rings. The number of fused-ring (bicyclic) bond motifs is 1. The van der Waals surface area contributed by atoms with Crippen molar-refractivity contribution in [3.8, 4) is 0 Å². The van der Waals surface area contributed by atoms with Gasteiger partial charge in [0.2, 0.25) is 0 Å². The summed E-state index contributed by atoms with van der Waals surface area (Å²) in [4.78, 5) is 14.1. The molecule has 2 fully saturated rings. The molecule has 0 aliphatic carbocycles. The van der Waals surface area contributed by atoms with Gasteiger partial charge in [-0.15, -0.1) is 0 Å². The summed E-state index contributed by atoms with van der Waals surface area (Å²) in [6.07, 6.45) is 7.11. The maximum Gasteiger partial charge on any atom is 0.410 e. The van der Waals surface area contributed by atoms with E-state index in [4.69, 9.17) is 9.47 Å². The zero-order valence-electron chi connectivity index (χ0n) is 17.2. The number of nitrogens with zero attached hydrogens (tertiary/aromatic N) is 3. The fraction of sp³-hybridized carbons (Fsp3) is 0.636. The van der Waals surface area contributed by atoms with E-state index < -0.39 is 5.60 Å². The molecule has 3 heterocycles. The smallest absolute Gasteiger partial charge is 0.410 e. The quantitative estimate of drug-likeness (QED) is 0.741. The molecule has 2 aliphatic heterocycles. The van der Waals surface area contributed by atoms with Crippen LogP contribution in [0.4, 0.5) is 4.79 Å². The fourth-order valence-corrected chi connectivity index (χ4v) is 4.19. The van der Waals surface area contributed by atoms with Crippen molar-refractivity contribution in [1.82, 2.24) is 14.7 Å². The van der Waals surface area contributed by atoms with Gasteiger partial charge in [-0.2, -0.15) is 5.10 Å². The number of benzene rings is 1. The number of carbonyl (C=O) groups is 1. The third-order valence-corrected chi connectivity index (χ3v) is 5.67. The minimum absolute atomic E-state index is 0.0640. The van der Waals surface area contributed by atoms with Crippen molar-refractivity contribution in [2.75, 3.05) is 19.7 Å². The molecule has 0 saturated carbocycles. The van der Waals surface area contributed by atoms with Crippen LogP contribution in [-0.4, -0.2) is 46.1 Å². The summed E-state index contributed by atoms with van der Waals surface area (Å²) in [5.74, 6) is 0.470. The molecular weight excluding hydrogens is 354 g/mol. The Labute approximate surface area is 166 Å². The Balaban J connectivity index is 1.42. The predicted molar refractivity (Wildman–Crippen MR) is 108 cm³/mol. The van der Waals surface area contributed by atoms with E-state index in [0.717, 1.165) is 50.9 Å². The second kappa shape index (κ2) is 7.74. The van der Waals surface area contributed by atoms with E-state index in [-0.39, 0.29) is 12.3 Å². The summed E-state index contributed by atoms with van der Waals surface area (Å²) >= 11 is 0. The van der Waals surface area contributed by atoms with E-state index in [1.54, 1.807) is 0 Å². The molecule has 28 heavy (non-hydrogen) atoms. The van der Waals surface area contributed by atoms with Crippen molar-refractivity contribution in [2.24, 2.45) is 0 Å². The molecule has 1 unspecified atom stereocenters. The molecule has 2 aromatic rings. The Hall–Kier alpha value is -2.08. The highest BCUT2D eigenvalue weighted by atomic mass is 16.6. The lowest BCUT2D eigenvalue weighted by atomic mass is 9.89. The van der Waals surface area contributed by atoms with Gasteiger partial charge in [0.25, 0.3) is 0 Å². The van der Waals surface area contributed by atoms with Crippen molar-refractivity contribution in [2.45, 2.75) is 70.6 Å². The van der Waals surface area contributed by atoms with Crippen LogP contribution in [0.3, 0.4) is 0 Å². The van der Waals surface area contributed by atoms with Gasteiger partial charge < -0.3 is 14.4 Å². The van der Waals surface area contributed by atoms with E-state index in [9.17, 15) is 4.79 Å². The van der Waals surface area contributed by atoms with Crippen LogP contribution in [-0.2, 0) is 9.47 Å².